The SMILES string of the molecule is COc1ccc(CCNC[C@H](O)c2cccc(O)c2O)cc1OC. The van der Waals surface area contributed by atoms with Crippen LogP contribution < -0.4 is 14.8 Å². The molecule has 0 unspecified atom stereocenters. The highest BCUT2D eigenvalue weighted by Crippen LogP contribution is 2.32. The standard InChI is InChI=1S/C18H23NO5/c1-23-16-7-6-12(10-17(16)24-2)8-9-19-11-15(21)13-4-3-5-14(20)18(13)22/h3-7,10,15,19-22H,8-9,11H2,1-2H3/t15-/m0/s1. The van der Waals surface area contributed by atoms with Crippen LogP contribution in [-0.2, 0) is 6.42 Å². The fourth-order valence-electron chi connectivity index (χ4n) is 2.44. The van der Waals surface area contributed by atoms with Gasteiger partial charge in [-0.15, -0.1) is 0 Å². The second-order valence-corrected chi connectivity index (χ2v) is 5.37. The molecule has 2 aromatic rings. The van der Waals surface area contributed by atoms with Gasteiger partial charge in [-0.3, -0.25) is 0 Å². The van der Waals surface area contributed by atoms with Crippen LogP contribution >= 0.6 is 0 Å². The van der Waals surface area contributed by atoms with Gasteiger partial charge in [0.2, 0.25) is 0 Å². The smallest absolute Gasteiger partial charge is 0.163 e. The first-order valence-corrected chi connectivity index (χ1v) is 7.67. The lowest BCUT2D eigenvalue weighted by molar-refractivity contribution is 0.170. The predicted molar refractivity (Wildman–Crippen MR) is 90.9 cm³/mol. The maximum atomic E-state index is 10.1. The number of rotatable bonds is 8. The number of phenols is 2. The summed E-state index contributed by atoms with van der Waals surface area (Å²) in [5.74, 6) is 0.840. The maximum Gasteiger partial charge on any atom is 0.163 e. The normalized spacial score (nSPS) is 12.0. The average Bonchev–Trinajstić information content (AvgIpc) is 2.60. The van der Waals surface area contributed by atoms with Crippen LogP contribution in [0.25, 0.3) is 0 Å². The molecular formula is C18H23NO5. The zero-order valence-corrected chi connectivity index (χ0v) is 13.8. The number of methoxy groups -OCH3 is 2. The van der Waals surface area contributed by atoms with Gasteiger partial charge < -0.3 is 30.1 Å². The Balaban J connectivity index is 1.85. The molecule has 0 saturated carbocycles. The minimum Gasteiger partial charge on any atom is -0.504 e. The third-order valence-corrected chi connectivity index (χ3v) is 3.78. The van der Waals surface area contributed by atoms with Gasteiger partial charge in [-0.05, 0) is 36.7 Å². The molecule has 0 radical (unpaired) electrons. The van der Waals surface area contributed by atoms with Gasteiger partial charge in [0, 0.05) is 12.1 Å². The Bertz CT molecular complexity index is 674. The van der Waals surface area contributed by atoms with E-state index in [4.69, 9.17) is 9.47 Å². The molecule has 0 aromatic heterocycles. The highest BCUT2D eigenvalue weighted by atomic mass is 16.5. The molecule has 2 rings (SSSR count). The van der Waals surface area contributed by atoms with Crippen LogP contribution in [-0.4, -0.2) is 42.6 Å². The molecule has 0 aliphatic rings. The Kier molecular flexibility index (Phi) is 6.28. The molecule has 2 aromatic carbocycles. The van der Waals surface area contributed by atoms with Crippen LogP contribution in [0.2, 0.25) is 0 Å². The van der Waals surface area contributed by atoms with E-state index in [1.165, 1.54) is 6.07 Å². The summed E-state index contributed by atoms with van der Waals surface area (Å²) >= 11 is 0. The topological polar surface area (TPSA) is 91.2 Å². The number of aliphatic hydroxyl groups is 1. The van der Waals surface area contributed by atoms with E-state index in [-0.39, 0.29) is 18.0 Å². The molecule has 0 aliphatic carbocycles. The molecule has 0 amide bonds. The highest BCUT2D eigenvalue weighted by Gasteiger charge is 2.14. The molecule has 4 N–H and O–H groups in total. The Morgan fingerprint density at radius 1 is 1.04 bits per heavy atom. The van der Waals surface area contributed by atoms with Crippen molar-refractivity contribution in [1.82, 2.24) is 5.32 Å². The Morgan fingerprint density at radius 2 is 1.79 bits per heavy atom. The summed E-state index contributed by atoms with van der Waals surface area (Å²) < 4.78 is 10.5. The van der Waals surface area contributed by atoms with Crippen LogP contribution in [0.3, 0.4) is 0 Å². The van der Waals surface area contributed by atoms with Gasteiger partial charge >= 0.3 is 0 Å². The Labute approximate surface area is 141 Å². The van der Waals surface area contributed by atoms with Gasteiger partial charge in [0.15, 0.2) is 23.0 Å². The molecule has 24 heavy (non-hydrogen) atoms. The highest BCUT2D eigenvalue weighted by molar-refractivity contribution is 5.45. The average molecular weight is 333 g/mol. The van der Waals surface area contributed by atoms with Gasteiger partial charge in [-0.2, -0.15) is 0 Å². The molecule has 130 valence electrons. The number of ether oxygens (including phenoxy) is 2. The zero-order chi connectivity index (χ0) is 17.5. The predicted octanol–water partition coefficient (Wildman–Crippen LogP) is 1.98. The molecule has 0 aliphatic heterocycles. The number of nitrogens with one attached hydrogen (secondary N) is 1. The lowest BCUT2D eigenvalue weighted by atomic mass is 10.1. The van der Waals surface area contributed by atoms with E-state index in [2.05, 4.69) is 5.32 Å². The second kappa shape index (κ2) is 8.42. The van der Waals surface area contributed by atoms with Crippen molar-refractivity contribution in [3.05, 3.63) is 47.5 Å². The second-order valence-electron chi connectivity index (χ2n) is 5.37. The van der Waals surface area contributed by atoms with Gasteiger partial charge in [0.05, 0.1) is 20.3 Å². The summed E-state index contributed by atoms with van der Waals surface area (Å²) in [7, 11) is 3.19. The van der Waals surface area contributed by atoms with Gasteiger partial charge in [0.1, 0.15) is 0 Å². The minimum absolute atomic E-state index is 0.239. The van der Waals surface area contributed by atoms with E-state index in [1.54, 1.807) is 26.4 Å². The van der Waals surface area contributed by atoms with Crippen molar-refractivity contribution < 1.29 is 24.8 Å². The third-order valence-electron chi connectivity index (χ3n) is 3.78. The van der Waals surface area contributed by atoms with Gasteiger partial charge in [0.25, 0.3) is 0 Å². The Hall–Kier alpha value is -2.44. The van der Waals surface area contributed by atoms with Gasteiger partial charge in [-0.1, -0.05) is 18.2 Å². The van der Waals surface area contributed by atoms with Crippen molar-refractivity contribution in [1.29, 1.82) is 0 Å². The van der Waals surface area contributed by atoms with Crippen molar-refractivity contribution >= 4 is 0 Å². The van der Waals surface area contributed by atoms with Crippen molar-refractivity contribution in [3.8, 4) is 23.0 Å². The van der Waals surface area contributed by atoms with Crippen LogP contribution in [0, 0.1) is 0 Å². The number of para-hydroxylation sites is 1. The minimum atomic E-state index is -0.900. The van der Waals surface area contributed by atoms with E-state index in [0.717, 1.165) is 12.0 Å². The lowest BCUT2D eigenvalue weighted by Crippen LogP contribution is -2.23. The number of hydrogen-bond donors (Lipinski definition) is 4. The van der Waals surface area contributed by atoms with Crippen LogP contribution in [0.4, 0.5) is 0 Å². The molecular weight excluding hydrogens is 310 g/mol. The van der Waals surface area contributed by atoms with E-state index in [0.29, 0.717) is 23.6 Å². The van der Waals surface area contributed by atoms with E-state index < -0.39 is 6.10 Å². The summed E-state index contributed by atoms with van der Waals surface area (Å²) in [6.45, 7) is 0.913. The Morgan fingerprint density at radius 3 is 2.50 bits per heavy atom. The van der Waals surface area contributed by atoms with E-state index >= 15 is 0 Å². The number of benzene rings is 2. The molecule has 0 heterocycles. The largest absolute Gasteiger partial charge is 0.504 e. The summed E-state index contributed by atoms with van der Waals surface area (Å²) in [6, 6.07) is 10.3. The molecule has 6 nitrogen and oxygen atoms in total. The number of aromatic hydroxyl groups is 2. The summed E-state index contributed by atoms with van der Waals surface area (Å²) in [4.78, 5) is 0. The fraction of sp³-hybridized carbons (Fsp3) is 0.333. The molecule has 0 bridgehead atoms. The summed E-state index contributed by atoms with van der Waals surface area (Å²) in [6.07, 6.45) is -0.151. The molecule has 6 heteroatoms. The zero-order valence-electron chi connectivity index (χ0n) is 13.8. The van der Waals surface area contributed by atoms with E-state index in [9.17, 15) is 15.3 Å². The van der Waals surface area contributed by atoms with Crippen LogP contribution in [0.5, 0.6) is 23.0 Å². The van der Waals surface area contributed by atoms with Crippen LogP contribution in [0.1, 0.15) is 17.2 Å². The first kappa shape index (κ1) is 17.9. The first-order valence-electron chi connectivity index (χ1n) is 7.67. The van der Waals surface area contributed by atoms with Crippen molar-refractivity contribution in [3.63, 3.8) is 0 Å². The maximum absolute atomic E-state index is 10.1. The number of hydrogen-bond acceptors (Lipinski definition) is 6. The molecule has 0 saturated heterocycles. The fourth-order valence-corrected chi connectivity index (χ4v) is 2.44. The quantitative estimate of drug-likeness (QED) is 0.436. The van der Waals surface area contributed by atoms with Crippen LogP contribution in [0.15, 0.2) is 36.4 Å². The molecule has 0 fully saturated rings. The molecule has 1 atom stereocenters. The summed E-state index contributed by atoms with van der Waals surface area (Å²) in [5, 5.41) is 32.4. The number of phenolic OH excluding ortho intramolecular Hbond substituents is 2. The van der Waals surface area contributed by atoms with E-state index in [1.807, 2.05) is 18.2 Å². The summed E-state index contributed by atoms with van der Waals surface area (Å²) in [5.41, 5.74) is 1.38. The lowest BCUT2D eigenvalue weighted by Gasteiger charge is -2.14. The van der Waals surface area contributed by atoms with Gasteiger partial charge in [-0.25, -0.2) is 0 Å². The third kappa shape index (κ3) is 4.31. The van der Waals surface area contributed by atoms with Crippen molar-refractivity contribution in [2.75, 3.05) is 27.3 Å². The first-order chi connectivity index (χ1) is 11.6. The number of aliphatic hydroxyl groups excluding tert-OH is 1. The monoisotopic (exact) mass is 333 g/mol. The van der Waals surface area contributed by atoms with Crippen molar-refractivity contribution in [2.45, 2.75) is 12.5 Å². The molecule has 0 spiro atoms. The van der Waals surface area contributed by atoms with Crippen molar-refractivity contribution in [2.24, 2.45) is 0 Å².